The normalized spacial score (nSPS) is 11.5. The molecule has 8 nitrogen and oxygen atoms in total. The van der Waals surface area contributed by atoms with E-state index in [9.17, 15) is 14.0 Å². The predicted molar refractivity (Wildman–Crippen MR) is 83.3 cm³/mol. The van der Waals surface area contributed by atoms with Gasteiger partial charge in [0, 0.05) is 17.2 Å². The zero-order valence-electron chi connectivity index (χ0n) is 12.0. The van der Waals surface area contributed by atoms with Gasteiger partial charge in [0.15, 0.2) is 0 Å². The molecule has 23 heavy (non-hydrogen) atoms. The molecule has 0 saturated carbocycles. The molecule has 10 heteroatoms. The van der Waals surface area contributed by atoms with Crippen molar-refractivity contribution in [1.29, 1.82) is 0 Å². The zero-order chi connectivity index (χ0) is 17.0. The molecular formula is C13H13BrFN5O3. The summed E-state index contributed by atoms with van der Waals surface area (Å²) in [6.07, 6.45) is 1.82. The first-order valence-electron chi connectivity index (χ1n) is 6.44. The summed E-state index contributed by atoms with van der Waals surface area (Å²) >= 11 is 3.32. The van der Waals surface area contributed by atoms with Crippen LogP contribution in [0.3, 0.4) is 0 Å². The van der Waals surface area contributed by atoms with Gasteiger partial charge in [0.2, 0.25) is 0 Å². The lowest BCUT2D eigenvalue weighted by atomic mass is 10.3. The molecule has 2 aromatic rings. The van der Waals surface area contributed by atoms with E-state index in [0.717, 1.165) is 14.7 Å². The van der Waals surface area contributed by atoms with E-state index in [4.69, 9.17) is 5.11 Å². The maximum absolute atomic E-state index is 12.8. The van der Waals surface area contributed by atoms with Gasteiger partial charge in [-0.05, 0) is 40.1 Å². The van der Waals surface area contributed by atoms with Gasteiger partial charge >= 0.3 is 11.8 Å². The second-order valence-corrected chi connectivity index (χ2v) is 5.51. The Hall–Kier alpha value is -2.49. The standard InChI is InChI=1S/C13H13BrFN5O3/c1-8-2-11(16-5-10(8)14)19-7-18-20(13(19)23)6-9(3-15)4-17-12(21)22/h2-3,5,7,17H,4,6H2,1H3,(H,21,22)/b9-3+. The van der Waals surface area contributed by atoms with E-state index in [-0.39, 0.29) is 25.0 Å². The van der Waals surface area contributed by atoms with Crippen molar-refractivity contribution in [2.24, 2.45) is 0 Å². The van der Waals surface area contributed by atoms with E-state index >= 15 is 0 Å². The molecule has 0 saturated heterocycles. The second kappa shape index (κ2) is 7.18. The quantitative estimate of drug-likeness (QED) is 0.813. The Balaban J connectivity index is 2.23. The molecule has 0 aliphatic heterocycles. The molecule has 0 unspecified atom stereocenters. The highest BCUT2D eigenvalue weighted by Gasteiger charge is 2.11. The first-order chi connectivity index (χ1) is 10.9. The monoisotopic (exact) mass is 385 g/mol. The van der Waals surface area contributed by atoms with Crippen molar-refractivity contribution in [3.8, 4) is 5.82 Å². The topological polar surface area (TPSA) is 102 Å². The largest absolute Gasteiger partial charge is 0.465 e. The SMILES string of the molecule is Cc1cc(-n2cnn(C/C(=C/F)CNC(=O)O)c2=O)ncc1Br. The fourth-order valence-electron chi connectivity index (χ4n) is 1.77. The number of carboxylic acid groups (broad SMARTS) is 1. The smallest absolute Gasteiger partial charge is 0.404 e. The molecule has 2 aromatic heterocycles. The van der Waals surface area contributed by atoms with Crippen molar-refractivity contribution < 1.29 is 14.3 Å². The number of nitrogens with zero attached hydrogens (tertiary/aromatic N) is 4. The molecule has 0 spiro atoms. The summed E-state index contributed by atoms with van der Waals surface area (Å²) in [4.78, 5) is 26.8. The highest BCUT2D eigenvalue weighted by molar-refractivity contribution is 9.10. The lowest BCUT2D eigenvalue weighted by Gasteiger charge is -2.05. The third-order valence-electron chi connectivity index (χ3n) is 2.99. The van der Waals surface area contributed by atoms with Gasteiger partial charge in [-0.1, -0.05) is 0 Å². The second-order valence-electron chi connectivity index (χ2n) is 4.66. The highest BCUT2D eigenvalue weighted by Crippen LogP contribution is 2.16. The lowest BCUT2D eigenvalue weighted by molar-refractivity contribution is 0.195. The lowest BCUT2D eigenvalue weighted by Crippen LogP contribution is -2.29. The summed E-state index contributed by atoms with van der Waals surface area (Å²) in [6, 6.07) is 1.70. The number of halogens is 2. The number of rotatable bonds is 5. The summed E-state index contributed by atoms with van der Waals surface area (Å²) in [6.45, 7) is 1.45. The summed E-state index contributed by atoms with van der Waals surface area (Å²) in [7, 11) is 0. The Morgan fingerprint density at radius 1 is 1.57 bits per heavy atom. The van der Waals surface area contributed by atoms with E-state index in [2.05, 4.69) is 26.0 Å². The van der Waals surface area contributed by atoms with E-state index in [1.165, 1.54) is 10.9 Å². The summed E-state index contributed by atoms with van der Waals surface area (Å²) in [5, 5.41) is 14.4. The van der Waals surface area contributed by atoms with Crippen LogP contribution in [0.25, 0.3) is 5.82 Å². The van der Waals surface area contributed by atoms with Crippen molar-refractivity contribution in [1.82, 2.24) is 24.6 Å². The van der Waals surface area contributed by atoms with Gasteiger partial charge < -0.3 is 10.4 Å². The number of carbonyl (C=O) groups is 1. The van der Waals surface area contributed by atoms with Crippen LogP contribution in [0.5, 0.6) is 0 Å². The zero-order valence-corrected chi connectivity index (χ0v) is 13.6. The Labute approximate surface area is 138 Å². The Kier molecular flexibility index (Phi) is 5.27. The molecule has 2 heterocycles. The first-order valence-corrected chi connectivity index (χ1v) is 7.23. The minimum absolute atomic E-state index is 0.0692. The van der Waals surface area contributed by atoms with Crippen LogP contribution in [-0.2, 0) is 6.54 Å². The van der Waals surface area contributed by atoms with Crippen molar-refractivity contribution in [3.63, 3.8) is 0 Å². The van der Waals surface area contributed by atoms with Crippen molar-refractivity contribution >= 4 is 22.0 Å². The number of pyridine rings is 1. The Morgan fingerprint density at radius 2 is 2.30 bits per heavy atom. The minimum atomic E-state index is -1.28. The number of aryl methyl sites for hydroxylation is 1. The first kappa shape index (κ1) is 16.9. The van der Waals surface area contributed by atoms with Crippen LogP contribution < -0.4 is 11.0 Å². The average molecular weight is 386 g/mol. The van der Waals surface area contributed by atoms with Crippen LogP contribution >= 0.6 is 15.9 Å². The number of amides is 1. The van der Waals surface area contributed by atoms with Crippen molar-refractivity contribution in [3.05, 3.63) is 51.0 Å². The molecule has 0 atom stereocenters. The molecule has 0 aliphatic rings. The van der Waals surface area contributed by atoms with Crippen LogP contribution in [0.15, 0.2) is 39.8 Å². The minimum Gasteiger partial charge on any atom is -0.465 e. The van der Waals surface area contributed by atoms with Gasteiger partial charge in [0.25, 0.3) is 0 Å². The highest BCUT2D eigenvalue weighted by atomic mass is 79.9. The van der Waals surface area contributed by atoms with Gasteiger partial charge in [-0.3, -0.25) is 0 Å². The van der Waals surface area contributed by atoms with Crippen molar-refractivity contribution in [2.45, 2.75) is 13.5 Å². The third kappa shape index (κ3) is 4.03. The van der Waals surface area contributed by atoms with E-state index in [0.29, 0.717) is 5.82 Å². The van der Waals surface area contributed by atoms with E-state index in [1.54, 1.807) is 12.3 Å². The van der Waals surface area contributed by atoms with E-state index in [1.807, 2.05) is 12.2 Å². The molecule has 122 valence electrons. The van der Waals surface area contributed by atoms with Crippen LogP contribution in [0.4, 0.5) is 9.18 Å². The van der Waals surface area contributed by atoms with Crippen molar-refractivity contribution in [2.75, 3.05) is 6.54 Å². The van der Waals surface area contributed by atoms with Gasteiger partial charge in [-0.2, -0.15) is 5.10 Å². The number of hydrogen-bond donors (Lipinski definition) is 2. The molecule has 0 aliphatic carbocycles. The molecule has 2 rings (SSSR count). The molecule has 0 aromatic carbocycles. The molecule has 0 fully saturated rings. The fraction of sp³-hybridized carbons (Fsp3) is 0.231. The average Bonchev–Trinajstić information content (AvgIpc) is 2.87. The fourth-order valence-corrected chi connectivity index (χ4v) is 1.99. The third-order valence-corrected chi connectivity index (χ3v) is 3.82. The maximum Gasteiger partial charge on any atom is 0.404 e. The van der Waals surface area contributed by atoms with E-state index < -0.39 is 11.8 Å². The van der Waals surface area contributed by atoms with Crippen LogP contribution in [0.1, 0.15) is 5.56 Å². The van der Waals surface area contributed by atoms with Gasteiger partial charge in [-0.15, -0.1) is 0 Å². The predicted octanol–water partition coefficient (Wildman–Crippen LogP) is 1.62. The summed E-state index contributed by atoms with van der Waals surface area (Å²) < 4.78 is 15.8. The Morgan fingerprint density at radius 3 is 2.91 bits per heavy atom. The van der Waals surface area contributed by atoms with Crippen LogP contribution in [0.2, 0.25) is 0 Å². The molecular weight excluding hydrogens is 373 g/mol. The Bertz CT molecular complexity index is 814. The summed E-state index contributed by atoms with van der Waals surface area (Å²) in [5.74, 6) is 0.386. The van der Waals surface area contributed by atoms with Crippen LogP contribution in [0, 0.1) is 6.92 Å². The van der Waals surface area contributed by atoms with Gasteiger partial charge in [0.05, 0.1) is 12.9 Å². The van der Waals surface area contributed by atoms with Gasteiger partial charge in [-0.25, -0.2) is 28.2 Å². The molecule has 1 amide bonds. The van der Waals surface area contributed by atoms with Gasteiger partial charge in [0.1, 0.15) is 12.1 Å². The maximum atomic E-state index is 12.8. The molecule has 0 radical (unpaired) electrons. The number of nitrogens with one attached hydrogen (secondary N) is 1. The van der Waals surface area contributed by atoms with Crippen LogP contribution in [-0.4, -0.2) is 37.1 Å². The number of hydrogen-bond acceptors (Lipinski definition) is 4. The molecule has 2 N–H and O–H groups in total. The number of aromatic nitrogens is 4. The summed E-state index contributed by atoms with van der Waals surface area (Å²) in [5.41, 5.74) is 0.457. The molecule has 0 bridgehead atoms.